The second-order valence-corrected chi connectivity index (χ2v) is 10.1. The first-order valence-electron chi connectivity index (χ1n) is 11.5. The van der Waals surface area contributed by atoms with Crippen molar-refractivity contribution in [1.82, 2.24) is 4.31 Å². The van der Waals surface area contributed by atoms with Crippen LogP contribution in [0.3, 0.4) is 0 Å². The van der Waals surface area contributed by atoms with E-state index in [1.54, 1.807) is 0 Å². The number of nitrogens with one attached hydrogen (secondary N) is 1. The van der Waals surface area contributed by atoms with Crippen LogP contribution in [-0.2, 0) is 27.8 Å². The van der Waals surface area contributed by atoms with Crippen molar-refractivity contribution in [2.75, 3.05) is 26.1 Å². The number of unbranched alkanes of at least 4 members (excludes halogenated alkanes) is 1. The fraction of sp³-hybridized carbons (Fsp3) is 0.296. The molecule has 0 atom stereocenters. The van der Waals surface area contributed by atoms with E-state index in [1.807, 2.05) is 54.6 Å². The van der Waals surface area contributed by atoms with Gasteiger partial charge >= 0.3 is 0 Å². The van der Waals surface area contributed by atoms with Gasteiger partial charge in [0.15, 0.2) is 11.5 Å². The van der Waals surface area contributed by atoms with Gasteiger partial charge in [-0.15, -0.1) is 0 Å². The molecule has 7 nitrogen and oxygen atoms in total. The van der Waals surface area contributed by atoms with E-state index >= 15 is 0 Å². The minimum atomic E-state index is -4.02. The monoisotopic (exact) mass is 496 g/mol. The topological polar surface area (TPSA) is 84.9 Å². The molecule has 3 rings (SSSR count). The maximum atomic E-state index is 13.6. The van der Waals surface area contributed by atoms with E-state index < -0.39 is 15.9 Å². The van der Waals surface area contributed by atoms with E-state index in [-0.39, 0.29) is 18.0 Å². The number of nitrogens with zero attached hydrogens (tertiary/aromatic N) is 1. The average Bonchev–Trinajstić information content (AvgIpc) is 2.88. The summed E-state index contributed by atoms with van der Waals surface area (Å²) >= 11 is 0. The Morgan fingerprint density at radius 2 is 1.57 bits per heavy atom. The summed E-state index contributed by atoms with van der Waals surface area (Å²) in [6, 6.07) is 21.2. The molecular formula is C27H32N2O5S. The Morgan fingerprint density at radius 1 is 0.886 bits per heavy atom. The van der Waals surface area contributed by atoms with Crippen LogP contribution in [0.4, 0.5) is 5.69 Å². The molecule has 0 saturated heterocycles. The number of methoxy groups -OCH3 is 2. The zero-order valence-electron chi connectivity index (χ0n) is 20.4. The molecule has 0 unspecified atom stereocenters. The van der Waals surface area contributed by atoms with Gasteiger partial charge in [0.1, 0.15) is 0 Å². The molecule has 3 aromatic rings. The van der Waals surface area contributed by atoms with Crippen molar-refractivity contribution in [2.24, 2.45) is 0 Å². The van der Waals surface area contributed by atoms with E-state index in [4.69, 9.17) is 9.47 Å². The maximum absolute atomic E-state index is 13.6. The number of ether oxygens (including phenoxy) is 2. The van der Waals surface area contributed by atoms with Crippen LogP contribution < -0.4 is 14.8 Å². The third-order valence-electron chi connectivity index (χ3n) is 5.57. The standard InChI is InChI=1S/C27H32N2O5S/c1-4-5-9-21-12-14-23(15-13-21)28-27(30)20-29(19-22-10-7-6-8-11-22)35(31,32)24-16-17-25(33-2)26(18-24)34-3/h6-8,10-18H,4-5,9,19-20H2,1-3H3,(H,28,30). The Bertz CT molecular complexity index is 1210. The quantitative estimate of drug-likeness (QED) is 0.386. The van der Waals surface area contributed by atoms with Gasteiger partial charge < -0.3 is 14.8 Å². The Kier molecular flexibility index (Phi) is 9.28. The first-order chi connectivity index (χ1) is 16.9. The molecule has 35 heavy (non-hydrogen) atoms. The Hall–Kier alpha value is -3.36. The molecule has 1 amide bonds. The van der Waals surface area contributed by atoms with Crippen LogP contribution in [0.2, 0.25) is 0 Å². The molecule has 0 spiro atoms. The fourth-order valence-corrected chi connectivity index (χ4v) is 5.04. The van der Waals surface area contributed by atoms with Gasteiger partial charge in [0.2, 0.25) is 15.9 Å². The lowest BCUT2D eigenvalue weighted by Gasteiger charge is -2.22. The first-order valence-corrected chi connectivity index (χ1v) is 13.0. The van der Waals surface area contributed by atoms with Crippen molar-refractivity contribution < 1.29 is 22.7 Å². The van der Waals surface area contributed by atoms with Crippen LogP contribution in [-0.4, -0.2) is 39.4 Å². The molecular weight excluding hydrogens is 464 g/mol. The molecule has 0 aliphatic heterocycles. The second kappa shape index (κ2) is 12.4. The second-order valence-electron chi connectivity index (χ2n) is 8.12. The third kappa shape index (κ3) is 7.07. The predicted octanol–water partition coefficient (Wildman–Crippen LogP) is 4.88. The normalized spacial score (nSPS) is 11.3. The first kappa shape index (κ1) is 26.2. The highest BCUT2D eigenvalue weighted by Gasteiger charge is 2.28. The van der Waals surface area contributed by atoms with E-state index in [9.17, 15) is 13.2 Å². The van der Waals surface area contributed by atoms with Crippen LogP contribution in [0, 0.1) is 0 Å². The molecule has 8 heteroatoms. The third-order valence-corrected chi connectivity index (χ3v) is 7.36. The minimum Gasteiger partial charge on any atom is -0.493 e. The molecule has 0 aromatic heterocycles. The molecule has 0 bridgehead atoms. The molecule has 0 aliphatic rings. The highest BCUT2D eigenvalue weighted by molar-refractivity contribution is 7.89. The Balaban J connectivity index is 1.83. The zero-order chi connectivity index (χ0) is 25.3. The van der Waals surface area contributed by atoms with E-state index in [2.05, 4.69) is 12.2 Å². The lowest BCUT2D eigenvalue weighted by atomic mass is 10.1. The van der Waals surface area contributed by atoms with Gasteiger partial charge in [0.25, 0.3) is 0 Å². The molecule has 186 valence electrons. The maximum Gasteiger partial charge on any atom is 0.243 e. The summed E-state index contributed by atoms with van der Waals surface area (Å²) in [7, 11) is -1.10. The molecule has 0 radical (unpaired) electrons. The Morgan fingerprint density at radius 3 is 2.20 bits per heavy atom. The summed E-state index contributed by atoms with van der Waals surface area (Å²) in [4.78, 5) is 12.9. The number of carbonyl (C=O) groups excluding carboxylic acids is 1. The fourth-order valence-electron chi connectivity index (χ4n) is 3.64. The van der Waals surface area contributed by atoms with Gasteiger partial charge in [-0.05, 0) is 48.2 Å². The van der Waals surface area contributed by atoms with Crippen LogP contribution in [0.1, 0.15) is 30.9 Å². The van der Waals surface area contributed by atoms with Crippen LogP contribution in [0.25, 0.3) is 0 Å². The highest BCUT2D eigenvalue weighted by atomic mass is 32.2. The lowest BCUT2D eigenvalue weighted by Crippen LogP contribution is -2.37. The molecule has 0 aliphatic carbocycles. The number of rotatable bonds is 12. The number of amides is 1. The number of hydrogen-bond donors (Lipinski definition) is 1. The highest BCUT2D eigenvalue weighted by Crippen LogP contribution is 2.31. The van der Waals surface area contributed by atoms with Crippen molar-refractivity contribution in [3.05, 3.63) is 83.9 Å². The molecule has 1 N–H and O–H groups in total. The summed E-state index contributed by atoms with van der Waals surface area (Å²) in [5, 5.41) is 2.82. The van der Waals surface area contributed by atoms with Crippen molar-refractivity contribution in [2.45, 2.75) is 37.6 Å². The van der Waals surface area contributed by atoms with Crippen molar-refractivity contribution >= 4 is 21.6 Å². The van der Waals surface area contributed by atoms with Gasteiger partial charge in [-0.1, -0.05) is 55.8 Å². The largest absolute Gasteiger partial charge is 0.493 e. The zero-order valence-corrected chi connectivity index (χ0v) is 21.2. The average molecular weight is 497 g/mol. The summed E-state index contributed by atoms with van der Waals surface area (Å²) in [5.41, 5.74) is 2.59. The van der Waals surface area contributed by atoms with Crippen LogP contribution in [0.15, 0.2) is 77.7 Å². The smallest absolute Gasteiger partial charge is 0.243 e. The Labute approximate surface area is 207 Å². The summed E-state index contributed by atoms with van der Waals surface area (Å²) in [5.74, 6) is 0.285. The molecule has 3 aromatic carbocycles. The predicted molar refractivity (Wildman–Crippen MR) is 137 cm³/mol. The number of carbonyl (C=O) groups is 1. The number of benzene rings is 3. The van der Waals surface area contributed by atoms with Gasteiger partial charge in [0, 0.05) is 18.3 Å². The molecule has 0 heterocycles. The van der Waals surface area contributed by atoms with Crippen molar-refractivity contribution in [1.29, 1.82) is 0 Å². The number of hydrogen-bond acceptors (Lipinski definition) is 5. The van der Waals surface area contributed by atoms with Crippen LogP contribution in [0.5, 0.6) is 11.5 Å². The van der Waals surface area contributed by atoms with Gasteiger partial charge in [-0.3, -0.25) is 4.79 Å². The molecule has 0 saturated carbocycles. The number of anilines is 1. The van der Waals surface area contributed by atoms with E-state index in [1.165, 1.54) is 38.0 Å². The summed E-state index contributed by atoms with van der Waals surface area (Å²) < 4.78 is 38.8. The SMILES string of the molecule is CCCCc1ccc(NC(=O)CN(Cc2ccccc2)S(=O)(=O)c2ccc(OC)c(OC)c2)cc1. The van der Waals surface area contributed by atoms with Crippen LogP contribution >= 0.6 is 0 Å². The van der Waals surface area contributed by atoms with Gasteiger partial charge in [0.05, 0.1) is 25.7 Å². The lowest BCUT2D eigenvalue weighted by molar-refractivity contribution is -0.116. The number of aryl methyl sites for hydroxylation is 1. The summed E-state index contributed by atoms with van der Waals surface area (Å²) in [6.07, 6.45) is 3.21. The van der Waals surface area contributed by atoms with Crippen molar-refractivity contribution in [3.63, 3.8) is 0 Å². The van der Waals surface area contributed by atoms with E-state index in [0.717, 1.165) is 29.1 Å². The van der Waals surface area contributed by atoms with E-state index in [0.29, 0.717) is 17.2 Å². The van der Waals surface area contributed by atoms with Gasteiger partial charge in [-0.25, -0.2) is 8.42 Å². The van der Waals surface area contributed by atoms with Crippen molar-refractivity contribution in [3.8, 4) is 11.5 Å². The molecule has 0 fully saturated rings. The summed E-state index contributed by atoms with van der Waals surface area (Å²) in [6.45, 7) is 1.84. The minimum absolute atomic E-state index is 0.0131. The van der Waals surface area contributed by atoms with Gasteiger partial charge in [-0.2, -0.15) is 4.31 Å². The number of sulfonamides is 1.